The number of hydrogen-bond acceptors (Lipinski definition) is 2. The van der Waals surface area contributed by atoms with Gasteiger partial charge in [0.15, 0.2) is 0 Å². The molecular weight excluding hydrogens is 246 g/mol. The van der Waals surface area contributed by atoms with E-state index in [-0.39, 0.29) is 0 Å². The van der Waals surface area contributed by atoms with Crippen LogP contribution in [0.4, 0.5) is 0 Å². The molecule has 0 heterocycles. The van der Waals surface area contributed by atoms with Gasteiger partial charge in [-0.3, -0.25) is 0 Å². The molecule has 0 aliphatic rings. The van der Waals surface area contributed by atoms with Gasteiger partial charge in [0.05, 0.1) is 11.6 Å². The summed E-state index contributed by atoms with van der Waals surface area (Å²) in [5.74, 6) is 1.37. The summed E-state index contributed by atoms with van der Waals surface area (Å²) in [5.41, 5.74) is 1.12. The molecule has 0 saturated heterocycles. The highest BCUT2D eigenvalue weighted by Crippen LogP contribution is 2.29. The van der Waals surface area contributed by atoms with Gasteiger partial charge in [-0.2, -0.15) is 0 Å². The first-order valence-electron chi connectivity index (χ1n) is 6.68. The maximum Gasteiger partial charge on any atom is 0.142 e. The molecule has 1 N–H and O–H groups in total. The third-order valence-electron chi connectivity index (χ3n) is 2.96. The molecule has 0 aliphatic carbocycles. The molecule has 0 amide bonds. The lowest BCUT2D eigenvalue weighted by Gasteiger charge is -2.17. The van der Waals surface area contributed by atoms with Crippen molar-refractivity contribution >= 4 is 11.6 Å². The van der Waals surface area contributed by atoms with Gasteiger partial charge in [0.2, 0.25) is 0 Å². The van der Waals surface area contributed by atoms with Gasteiger partial charge in [-0.15, -0.1) is 0 Å². The topological polar surface area (TPSA) is 21.3 Å². The SMILES string of the molecule is CCC(C)COc1c(Cl)cccc1CNC(C)C. The highest BCUT2D eigenvalue weighted by atomic mass is 35.5. The predicted octanol–water partition coefficient (Wildman–Crippen LogP) is 4.26. The Morgan fingerprint density at radius 2 is 2.00 bits per heavy atom. The van der Waals surface area contributed by atoms with Crippen LogP contribution in [0.3, 0.4) is 0 Å². The summed E-state index contributed by atoms with van der Waals surface area (Å²) in [7, 11) is 0. The van der Waals surface area contributed by atoms with Crippen LogP contribution in [0, 0.1) is 5.92 Å². The van der Waals surface area contributed by atoms with E-state index < -0.39 is 0 Å². The largest absolute Gasteiger partial charge is 0.491 e. The molecule has 0 spiro atoms. The standard InChI is InChI=1S/C15H24ClNO/c1-5-12(4)10-18-15-13(9-17-11(2)3)7-6-8-14(15)16/h6-8,11-12,17H,5,9-10H2,1-4H3. The van der Waals surface area contributed by atoms with Crippen molar-refractivity contribution < 1.29 is 4.74 Å². The highest BCUT2D eigenvalue weighted by Gasteiger charge is 2.10. The van der Waals surface area contributed by atoms with Gasteiger partial charge in [0.1, 0.15) is 5.75 Å². The Bertz CT molecular complexity index is 366. The number of para-hydroxylation sites is 1. The second-order valence-electron chi connectivity index (χ2n) is 5.09. The van der Waals surface area contributed by atoms with Crippen LogP contribution in [0.1, 0.15) is 39.7 Å². The Morgan fingerprint density at radius 3 is 2.61 bits per heavy atom. The fourth-order valence-electron chi connectivity index (χ4n) is 1.51. The molecule has 1 aromatic rings. The smallest absolute Gasteiger partial charge is 0.142 e. The number of hydrogen-bond donors (Lipinski definition) is 1. The summed E-state index contributed by atoms with van der Waals surface area (Å²) < 4.78 is 5.88. The van der Waals surface area contributed by atoms with E-state index in [0.29, 0.717) is 17.0 Å². The molecule has 1 aromatic carbocycles. The normalized spacial score (nSPS) is 12.8. The molecule has 18 heavy (non-hydrogen) atoms. The van der Waals surface area contributed by atoms with Gasteiger partial charge < -0.3 is 10.1 Å². The number of ether oxygens (including phenoxy) is 1. The maximum absolute atomic E-state index is 6.22. The Kier molecular flexibility index (Phi) is 6.51. The van der Waals surface area contributed by atoms with Crippen LogP contribution in [0.5, 0.6) is 5.75 Å². The highest BCUT2D eigenvalue weighted by molar-refractivity contribution is 6.32. The van der Waals surface area contributed by atoms with Crippen LogP contribution < -0.4 is 10.1 Å². The molecule has 1 unspecified atom stereocenters. The fourth-order valence-corrected chi connectivity index (χ4v) is 1.76. The average molecular weight is 270 g/mol. The van der Waals surface area contributed by atoms with Crippen LogP contribution in [0.25, 0.3) is 0 Å². The van der Waals surface area contributed by atoms with Crippen LogP contribution >= 0.6 is 11.6 Å². The minimum atomic E-state index is 0.450. The summed E-state index contributed by atoms with van der Waals surface area (Å²) in [4.78, 5) is 0. The second kappa shape index (κ2) is 7.65. The van der Waals surface area contributed by atoms with Gasteiger partial charge in [-0.05, 0) is 12.0 Å². The van der Waals surface area contributed by atoms with Crippen molar-refractivity contribution in [3.8, 4) is 5.75 Å². The molecule has 0 fully saturated rings. The molecule has 3 heteroatoms. The third kappa shape index (κ3) is 4.87. The van der Waals surface area contributed by atoms with E-state index in [1.165, 1.54) is 0 Å². The first-order chi connectivity index (χ1) is 8.54. The number of nitrogens with one attached hydrogen (secondary N) is 1. The van der Waals surface area contributed by atoms with Crippen LogP contribution in [0.2, 0.25) is 5.02 Å². The van der Waals surface area contributed by atoms with E-state index >= 15 is 0 Å². The Labute approximate surface area is 116 Å². The lowest BCUT2D eigenvalue weighted by Crippen LogP contribution is -2.22. The van der Waals surface area contributed by atoms with Crippen molar-refractivity contribution in [1.82, 2.24) is 5.32 Å². The minimum Gasteiger partial charge on any atom is -0.491 e. The monoisotopic (exact) mass is 269 g/mol. The van der Waals surface area contributed by atoms with E-state index in [1.54, 1.807) is 0 Å². The average Bonchev–Trinajstić information content (AvgIpc) is 2.34. The molecule has 1 rings (SSSR count). The number of halogens is 1. The quantitative estimate of drug-likeness (QED) is 0.798. The molecule has 0 bridgehead atoms. The third-order valence-corrected chi connectivity index (χ3v) is 3.26. The summed E-state index contributed by atoms with van der Waals surface area (Å²) in [6, 6.07) is 6.36. The van der Waals surface area contributed by atoms with Gasteiger partial charge in [0, 0.05) is 18.2 Å². The molecule has 0 radical (unpaired) electrons. The lowest BCUT2D eigenvalue weighted by molar-refractivity contribution is 0.254. The van der Waals surface area contributed by atoms with Crippen LogP contribution in [-0.2, 0) is 6.54 Å². The summed E-state index contributed by atoms with van der Waals surface area (Å²) in [6.07, 6.45) is 1.12. The van der Waals surface area contributed by atoms with Crippen molar-refractivity contribution in [3.63, 3.8) is 0 Å². The van der Waals surface area contributed by atoms with Crippen molar-refractivity contribution in [1.29, 1.82) is 0 Å². The van der Waals surface area contributed by atoms with E-state index in [4.69, 9.17) is 16.3 Å². The number of benzene rings is 1. The summed E-state index contributed by atoms with van der Waals surface area (Å²) >= 11 is 6.22. The molecule has 0 aromatic heterocycles. The minimum absolute atomic E-state index is 0.450. The zero-order valence-corrected chi connectivity index (χ0v) is 12.6. The van der Waals surface area contributed by atoms with Gasteiger partial charge in [-0.25, -0.2) is 0 Å². The molecular formula is C15H24ClNO. The van der Waals surface area contributed by atoms with Crippen molar-refractivity contribution in [3.05, 3.63) is 28.8 Å². The fraction of sp³-hybridized carbons (Fsp3) is 0.600. The summed E-state index contributed by atoms with van der Waals surface area (Å²) in [6.45, 7) is 10.1. The Hall–Kier alpha value is -0.730. The molecule has 1 atom stereocenters. The Morgan fingerprint density at radius 1 is 1.28 bits per heavy atom. The molecule has 0 saturated carbocycles. The van der Waals surface area contributed by atoms with Crippen LogP contribution in [0.15, 0.2) is 18.2 Å². The lowest BCUT2D eigenvalue weighted by atomic mass is 10.1. The predicted molar refractivity (Wildman–Crippen MR) is 78.4 cm³/mol. The molecule has 0 aliphatic heterocycles. The van der Waals surface area contributed by atoms with Crippen LogP contribution in [-0.4, -0.2) is 12.6 Å². The summed E-state index contributed by atoms with van der Waals surface area (Å²) in [5, 5.41) is 4.09. The van der Waals surface area contributed by atoms with E-state index in [2.05, 4.69) is 39.1 Å². The molecule has 102 valence electrons. The van der Waals surface area contributed by atoms with Gasteiger partial charge >= 0.3 is 0 Å². The van der Waals surface area contributed by atoms with E-state index in [0.717, 1.165) is 30.9 Å². The Balaban J connectivity index is 2.73. The number of rotatable bonds is 7. The first kappa shape index (κ1) is 15.3. The van der Waals surface area contributed by atoms with E-state index in [9.17, 15) is 0 Å². The maximum atomic E-state index is 6.22. The van der Waals surface area contributed by atoms with Crippen molar-refractivity contribution in [2.75, 3.05) is 6.61 Å². The van der Waals surface area contributed by atoms with E-state index in [1.807, 2.05) is 12.1 Å². The zero-order chi connectivity index (χ0) is 13.5. The zero-order valence-electron chi connectivity index (χ0n) is 11.8. The van der Waals surface area contributed by atoms with Gasteiger partial charge in [-0.1, -0.05) is 57.8 Å². The van der Waals surface area contributed by atoms with Gasteiger partial charge in [0.25, 0.3) is 0 Å². The van der Waals surface area contributed by atoms with Crippen molar-refractivity contribution in [2.45, 2.75) is 46.7 Å². The second-order valence-corrected chi connectivity index (χ2v) is 5.50. The first-order valence-corrected chi connectivity index (χ1v) is 7.06. The molecule has 2 nitrogen and oxygen atoms in total. The van der Waals surface area contributed by atoms with Crippen molar-refractivity contribution in [2.24, 2.45) is 5.92 Å².